The van der Waals surface area contributed by atoms with Crippen LogP contribution in [0, 0.1) is 6.92 Å². The average molecular weight is 438 g/mol. The number of aryl methyl sites for hydroxylation is 1. The number of hydrogen-bond acceptors (Lipinski definition) is 7. The average Bonchev–Trinajstić information content (AvgIpc) is 3.27. The smallest absolute Gasteiger partial charge is 0.277 e. The second-order valence-corrected chi connectivity index (χ2v) is 8.44. The van der Waals surface area contributed by atoms with E-state index in [-0.39, 0.29) is 11.7 Å². The van der Waals surface area contributed by atoms with Crippen LogP contribution in [0.2, 0.25) is 0 Å². The minimum absolute atomic E-state index is 0.0973. The van der Waals surface area contributed by atoms with E-state index in [2.05, 4.69) is 38.3 Å². The van der Waals surface area contributed by atoms with Crippen molar-refractivity contribution in [1.82, 2.24) is 15.1 Å². The van der Waals surface area contributed by atoms with Crippen LogP contribution in [0.4, 0.5) is 11.4 Å². The number of aromatic nitrogens is 2. The van der Waals surface area contributed by atoms with Gasteiger partial charge < -0.3 is 19.5 Å². The van der Waals surface area contributed by atoms with Gasteiger partial charge in [0, 0.05) is 31.7 Å². The number of para-hydroxylation sites is 2. The quantitative estimate of drug-likeness (QED) is 0.562. The van der Waals surface area contributed by atoms with Crippen LogP contribution in [0.5, 0.6) is 0 Å². The number of hydrogen-bond donors (Lipinski definition) is 1. The molecule has 0 atom stereocenters. The lowest BCUT2D eigenvalue weighted by Crippen LogP contribution is -2.46. The van der Waals surface area contributed by atoms with Crippen molar-refractivity contribution in [3.8, 4) is 11.5 Å². The molecule has 2 heterocycles. The maximum atomic E-state index is 12.6. The Morgan fingerprint density at radius 2 is 1.90 bits per heavy atom. The standard InChI is InChI=1S/C23H27N5O2S/c1-3-27-11-13-28(14-12-27)20-10-5-4-9-19(20)24-21(29)16-31-23-26-25-22(30-23)18-8-6-7-17(2)15-18/h4-10,15H,3,11-14,16H2,1-2H3,(H,24,29). The molecule has 2 aromatic carbocycles. The van der Waals surface area contributed by atoms with Gasteiger partial charge in [-0.05, 0) is 37.7 Å². The molecule has 7 nitrogen and oxygen atoms in total. The van der Waals surface area contributed by atoms with Crippen molar-refractivity contribution in [3.05, 3.63) is 54.1 Å². The second kappa shape index (κ2) is 9.98. The van der Waals surface area contributed by atoms with Crippen molar-refractivity contribution >= 4 is 29.0 Å². The van der Waals surface area contributed by atoms with Crippen LogP contribution in [0.15, 0.2) is 58.2 Å². The molecule has 0 unspecified atom stereocenters. The molecule has 1 aliphatic heterocycles. The Labute approximate surface area is 186 Å². The topological polar surface area (TPSA) is 74.5 Å². The molecule has 0 bridgehead atoms. The van der Waals surface area contributed by atoms with Gasteiger partial charge in [0.05, 0.1) is 17.1 Å². The summed E-state index contributed by atoms with van der Waals surface area (Å²) in [5, 5.41) is 11.6. The summed E-state index contributed by atoms with van der Waals surface area (Å²) in [6.45, 7) is 9.27. The van der Waals surface area contributed by atoms with Crippen molar-refractivity contribution in [2.45, 2.75) is 19.1 Å². The van der Waals surface area contributed by atoms with E-state index in [9.17, 15) is 4.79 Å². The molecule has 1 N–H and O–H groups in total. The predicted molar refractivity (Wildman–Crippen MR) is 125 cm³/mol. The summed E-state index contributed by atoms with van der Waals surface area (Å²) in [7, 11) is 0. The van der Waals surface area contributed by atoms with E-state index >= 15 is 0 Å². The molecule has 0 spiro atoms. The first-order valence-electron chi connectivity index (χ1n) is 10.5. The zero-order chi connectivity index (χ0) is 21.6. The highest BCUT2D eigenvalue weighted by Crippen LogP contribution is 2.28. The molecule has 0 radical (unpaired) electrons. The van der Waals surface area contributed by atoms with Gasteiger partial charge in [-0.25, -0.2) is 0 Å². The van der Waals surface area contributed by atoms with Gasteiger partial charge in [0.25, 0.3) is 5.22 Å². The number of rotatable bonds is 7. The van der Waals surface area contributed by atoms with Gasteiger partial charge in [0.1, 0.15) is 0 Å². The molecule has 0 saturated carbocycles. The van der Waals surface area contributed by atoms with Crippen molar-refractivity contribution in [3.63, 3.8) is 0 Å². The van der Waals surface area contributed by atoms with E-state index < -0.39 is 0 Å². The van der Waals surface area contributed by atoms with Crippen molar-refractivity contribution in [2.24, 2.45) is 0 Å². The van der Waals surface area contributed by atoms with Gasteiger partial charge in [-0.15, -0.1) is 10.2 Å². The molecule has 3 aromatic rings. The van der Waals surface area contributed by atoms with E-state index in [1.54, 1.807) is 0 Å². The van der Waals surface area contributed by atoms with Gasteiger partial charge in [0.2, 0.25) is 11.8 Å². The number of amides is 1. The molecule has 1 saturated heterocycles. The molecule has 1 aliphatic rings. The lowest BCUT2D eigenvalue weighted by molar-refractivity contribution is -0.113. The first kappa shape index (κ1) is 21.4. The van der Waals surface area contributed by atoms with E-state index in [4.69, 9.17) is 4.42 Å². The number of nitrogens with one attached hydrogen (secondary N) is 1. The minimum Gasteiger partial charge on any atom is -0.411 e. The van der Waals surface area contributed by atoms with Crippen molar-refractivity contribution in [2.75, 3.05) is 48.7 Å². The molecule has 1 amide bonds. The van der Waals surface area contributed by atoms with Crippen LogP contribution in [0.25, 0.3) is 11.5 Å². The SMILES string of the molecule is CCN1CCN(c2ccccc2NC(=O)CSc2nnc(-c3cccc(C)c3)o2)CC1. The maximum absolute atomic E-state index is 12.6. The predicted octanol–water partition coefficient (Wildman–Crippen LogP) is 3.92. The molecular formula is C23H27N5O2S. The zero-order valence-electron chi connectivity index (χ0n) is 17.9. The van der Waals surface area contributed by atoms with Gasteiger partial charge in [0.15, 0.2) is 0 Å². The first-order chi connectivity index (χ1) is 15.1. The maximum Gasteiger partial charge on any atom is 0.277 e. The third-order valence-electron chi connectivity index (χ3n) is 5.34. The highest BCUT2D eigenvalue weighted by Gasteiger charge is 2.19. The lowest BCUT2D eigenvalue weighted by Gasteiger charge is -2.36. The number of carbonyl (C=O) groups excluding carboxylic acids is 1. The number of thioether (sulfide) groups is 1. The number of carbonyl (C=O) groups is 1. The summed E-state index contributed by atoms with van der Waals surface area (Å²) in [6, 6.07) is 15.9. The first-order valence-corrected chi connectivity index (χ1v) is 11.5. The molecule has 4 rings (SSSR count). The molecule has 1 aromatic heterocycles. The summed E-state index contributed by atoms with van der Waals surface area (Å²) >= 11 is 1.24. The van der Waals surface area contributed by atoms with E-state index in [0.717, 1.165) is 55.2 Å². The van der Waals surface area contributed by atoms with Gasteiger partial charge in [-0.2, -0.15) is 0 Å². The zero-order valence-corrected chi connectivity index (χ0v) is 18.7. The van der Waals surface area contributed by atoms with Gasteiger partial charge in [-0.1, -0.05) is 48.5 Å². The third kappa shape index (κ3) is 5.45. The summed E-state index contributed by atoms with van der Waals surface area (Å²) in [5.41, 5.74) is 3.90. The van der Waals surface area contributed by atoms with Crippen molar-refractivity contribution in [1.29, 1.82) is 0 Å². The monoisotopic (exact) mass is 437 g/mol. The normalized spacial score (nSPS) is 14.6. The third-order valence-corrected chi connectivity index (χ3v) is 6.16. The molecule has 31 heavy (non-hydrogen) atoms. The Hall–Kier alpha value is -2.84. The molecular weight excluding hydrogens is 410 g/mol. The van der Waals surface area contributed by atoms with Crippen LogP contribution in [0.3, 0.4) is 0 Å². The Balaban J connectivity index is 1.35. The largest absolute Gasteiger partial charge is 0.411 e. The van der Waals surface area contributed by atoms with E-state index in [1.807, 2.05) is 49.4 Å². The van der Waals surface area contributed by atoms with Gasteiger partial charge in [-0.3, -0.25) is 4.79 Å². The van der Waals surface area contributed by atoms with Crippen LogP contribution >= 0.6 is 11.8 Å². The number of piperazine rings is 1. The summed E-state index contributed by atoms with van der Waals surface area (Å²) in [5.74, 6) is 0.566. The lowest BCUT2D eigenvalue weighted by atomic mass is 10.1. The Morgan fingerprint density at radius 3 is 2.68 bits per heavy atom. The van der Waals surface area contributed by atoms with E-state index in [0.29, 0.717) is 11.1 Å². The summed E-state index contributed by atoms with van der Waals surface area (Å²) < 4.78 is 5.71. The molecule has 1 fully saturated rings. The highest BCUT2D eigenvalue weighted by atomic mass is 32.2. The number of anilines is 2. The number of benzene rings is 2. The van der Waals surface area contributed by atoms with Crippen molar-refractivity contribution < 1.29 is 9.21 Å². The highest BCUT2D eigenvalue weighted by molar-refractivity contribution is 7.99. The minimum atomic E-state index is -0.0973. The second-order valence-electron chi connectivity index (χ2n) is 7.52. The molecule has 0 aliphatic carbocycles. The Bertz CT molecular complexity index is 1030. The molecule has 162 valence electrons. The summed E-state index contributed by atoms with van der Waals surface area (Å²) in [6.07, 6.45) is 0. The molecule has 8 heteroatoms. The summed E-state index contributed by atoms with van der Waals surface area (Å²) in [4.78, 5) is 17.4. The number of likely N-dealkylation sites (N-methyl/N-ethyl adjacent to an activating group) is 1. The van der Waals surface area contributed by atoms with Crippen LogP contribution < -0.4 is 10.2 Å². The fraction of sp³-hybridized carbons (Fsp3) is 0.348. The van der Waals surface area contributed by atoms with E-state index in [1.165, 1.54) is 11.8 Å². The fourth-order valence-corrected chi connectivity index (χ4v) is 4.20. The van der Waals surface area contributed by atoms with Crippen LogP contribution in [0.1, 0.15) is 12.5 Å². The Kier molecular flexibility index (Phi) is 6.89. The Morgan fingerprint density at radius 1 is 1.10 bits per heavy atom. The fourth-order valence-electron chi connectivity index (χ4n) is 3.64. The van der Waals surface area contributed by atoms with Crippen LogP contribution in [-0.4, -0.2) is 59.5 Å². The van der Waals surface area contributed by atoms with Gasteiger partial charge >= 0.3 is 0 Å². The van der Waals surface area contributed by atoms with Crippen LogP contribution in [-0.2, 0) is 4.79 Å². The number of nitrogens with zero attached hydrogens (tertiary/aromatic N) is 4.